The molecule has 1 atom stereocenters. The van der Waals surface area contributed by atoms with Gasteiger partial charge >= 0.3 is 5.97 Å². The molecule has 0 bridgehead atoms. The third-order valence-electron chi connectivity index (χ3n) is 9.95. The number of amidine groups is 1. The van der Waals surface area contributed by atoms with Crippen molar-refractivity contribution in [1.29, 1.82) is 0 Å². The van der Waals surface area contributed by atoms with E-state index in [1.54, 1.807) is 0 Å². The maximum absolute atomic E-state index is 12.3. The van der Waals surface area contributed by atoms with Crippen molar-refractivity contribution in [2.24, 2.45) is 0 Å². The van der Waals surface area contributed by atoms with E-state index in [1.807, 2.05) is 0 Å². The van der Waals surface area contributed by atoms with Crippen LogP contribution in [0.2, 0.25) is 0 Å². The van der Waals surface area contributed by atoms with Crippen molar-refractivity contribution in [3.8, 4) is 0 Å². The summed E-state index contributed by atoms with van der Waals surface area (Å²) in [5.74, 6) is 1.21. The molecule has 0 amide bonds. The van der Waals surface area contributed by atoms with E-state index in [2.05, 4.69) is 48.0 Å². The monoisotopic (exact) mass is 674 g/mol. The molecular weight excluding hydrogens is 592 g/mol. The normalized spacial score (nSPS) is 14.9. The summed E-state index contributed by atoms with van der Waals surface area (Å²) in [6.07, 6.45) is 46.9. The number of nitrogens with zero attached hydrogens (tertiary/aromatic N) is 1. The van der Waals surface area contributed by atoms with E-state index in [4.69, 9.17) is 4.74 Å². The van der Waals surface area contributed by atoms with Gasteiger partial charge in [0.1, 0.15) is 19.1 Å². The first-order chi connectivity index (χ1) is 23.7. The molecule has 0 aliphatic carbocycles. The number of carbonyl (C=O) groups is 1. The number of β-amino-alcohol motifs (C(OH)–C–C–N with tert-alkyl or cyclic N) is 1. The van der Waals surface area contributed by atoms with Crippen molar-refractivity contribution in [2.75, 3.05) is 26.3 Å². The second kappa shape index (κ2) is 35.2. The van der Waals surface area contributed by atoms with Crippen LogP contribution in [0.1, 0.15) is 206 Å². The average molecular weight is 674 g/mol. The van der Waals surface area contributed by atoms with Gasteiger partial charge in [-0.2, -0.15) is 0 Å². The van der Waals surface area contributed by atoms with E-state index in [0.717, 1.165) is 32.2 Å². The van der Waals surface area contributed by atoms with Crippen LogP contribution in [0, 0.1) is 0 Å². The van der Waals surface area contributed by atoms with E-state index in [1.165, 1.54) is 166 Å². The average Bonchev–Trinajstić information content (AvgIpc) is 3.47. The first-order valence-electron chi connectivity index (χ1n) is 21.2. The number of rotatable bonds is 36. The lowest BCUT2D eigenvalue weighted by atomic mass is 10.1. The summed E-state index contributed by atoms with van der Waals surface area (Å²) >= 11 is 0. The van der Waals surface area contributed by atoms with Gasteiger partial charge in [-0.1, -0.05) is 147 Å². The quantitative estimate of drug-likeness (QED) is 0.0301. The van der Waals surface area contributed by atoms with E-state index in [-0.39, 0.29) is 12.6 Å². The summed E-state index contributed by atoms with van der Waals surface area (Å²) < 4.78 is 7.93. The third-order valence-corrected chi connectivity index (χ3v) is 9.95. The molecule has 0 saturated carbocycles. The van der Waals surface area contributed by atoms with Crippen LogP contribution in [0.4, 0.5) is 0 Å². The molecule has 0 radical (unpaired) electrons. The zero-order valence-electron chi connectivity index (χ0n) is 32.1. The summed E-state index contributed by atoms with van der Waals surface area (Å²) in [5, 5.41) is 13.3. The Morgan fingerprint density at radius 1 is 0.667 bits per heavy atom. The minimum Gasteiger partial charge on any atom is -0.465 e. The second-order valence-corrected chi connectivity index (χ2v) is 14.4. The maximum atomic E-state index is 12.3. The molecule has 0 spiro atoms. The summed E-state index contributed by atoms with van der Waals surface area (Å²) in [7, 11) is 0. The number of hydrogen-bond acceptors (Lipinski definition) is 4. The summed E-state index contributed by atoms with van der Waals surface area (Å²) in [6.45, 7) is 6.72. The lowest BCUT2D eigenvalue weighted by Gasteiger charge is -2.12. The molecule has 5 nitrogen and oxygen atoms in total. The first kappa shape index (κ1) is 44.4. The van der Waals surface area contributed by atoms with Crippen LogP contribution < -0.4 is 5.32 Å². The van der Waals surface area contributed by atoms with E-state index < -0.39 is 0 Å². The van der Waals surface area contributed by atoms with Gasteiger partial charge < -0.3 is 9.84 Å². The van der Waals surface area contributed by atoms with Gasteiger partial charge in [-0.15, -0.1) is 0 Å². The van der Waals surface area contributed by atoms with Gasteiger partial charge in [-0.3, -0.25) is 14.7 Å². The number of hydrogen-bond donors (Lipinski definition) is 2. The standard InChI is InChI=1S/C43H80N2O3/c1-3-5-7-9-11-13-15-17-19-21-22-24-26-28-30-32-34-42-44-40-41(45(42)37-38-46)36-39-48-43(47)35-33-31-29-27-25-23-20-18-16-14-12-10-8-6-4-2/h17-20,41,46H,3-16,21-40H2,1-2H3/p+1. The summed E-state index contributed by atoms with van der Waals surface area (Å²) in [6, 6.07) is 0.300. The van der Waals surface area contributed by atoms with Crippen LogP contribution in [0.3, 0.4) is 0 Å². The lowest BCUT2D eigenvalue weighted by molar-refractivity contribution is -0.559. The predicted octanol–water partition coefficient (Wildman–Crippen LogP) is 11.8. The summed E-state index contributed by atoms with van der Waals surface area (Å²) in [4.78, 5) is 12.3. The van der Waals surface area contributed by atoms with Gasteiger partial charge in [0.15, 0.2) is 0 Å². The Balaban J connectivity index is 2.02. The first-order valence-corrected chi connectivity index (χ1v) is 21.2. The van der Waals surface area contributed by atoms with E-state index in [9.17, 15) is 9.90 Å². The molecule has 1 unspecified atom stereocenters. The molecule has 0 aromatic carbocycles. The summed E-state index contributed by atoms with van der Waals surface area (Å²) in [5.41, 5.74) is 0. The topological polar surface area (TPSA) is 61.6 Å². The predicted molar refractivity (Wildman–Crippen MR) is 208 cm³/mol. The van der Waals surface area contributed by atoms with Gasteiger partial charge in [0, 0.05) is 19.3 Å². The van der Waals surface area contributed by atoms with Crippen molar-refractivity contribution in [3.05, 3.63) is 24.3 Å². The van der Waals surface area contributed by atoms with Crippen LogP contribution in [0.15, 0.2) is 24.3 Å². The van der Waals surface area contributed by atoms with Gasteiger partial charge in [-0.05, 0) is 64.2 Å². The molecule has 5 heteroatoms. The minimum absolute atomic E-state index is 0.0549. The highest BCUT2D eigenvalue weighted by Crippen LogP contribution is 2.14. The fourth-order valence-electron chi connectivity index (χ4n) is 6.84. The molecule has 0 fully saturated rings. The molecule has 48 heavy (non-hydrogen) atoms. The van der Waals surface area contributed by atoms with Crippen molar-refractivity contribution >= 4 is 11.8 Å². The van der Waals surface area contributed by atoms with Gasteiger partial charge in [0.25, 0.3) is 0 Å². The van der Waals surface area contributed by atoms with Crippen LogP contribution in [0.25, 0.3) is 0 Å². The molecule has 280 valence electrons. The highest BCUT2D eigenvalue weighted by Gasteiger charge is 2.30. The number of allylic oxidation sites excluding steroid dienone is 4. The molecule has 2 N–H and O–H groups in total. The molecule has 0 saturated heterocycles. The Morgan fingerprint density at radius 2 is 1.10 bits per heavy atom. The fraction of sp³-hybridized carbons (Fsp3) is 0.860. The van der Waals surface area contributed by atoms with E-state index in [0.29, 0.717) is 25.6 Å². The molecule has 0 aromatic rings. The smallest absolute Gasteiger partial charge is 0.305 e. The number of carbonyl (C=O) groups excluding carboxylic acids is 1. The second-order valence-electron chi connectivity index (χ2n) is 14.4. The molecular formula is C43H81N2O3+. The van der Waals surface area contributed by atoms with Crippen LogP contribution in [-0.4, -0.2) is 53.8 Å². The zero-order chi connectivity index (χ0) is 34.6. The molecule has 1 heterocycles. The largest absolute Gasteiger partial charge is 0.465 e. The highest BCUT2D eigenvalue weighted by atomic mass is 16.5. The number of ether oxygens (including phenoxy) is 1. The third kappa shape index (κ3) is 27.2. The Kier molecular flexibility index (Phi) is 32.6. The SMILES string of the molecule is CCCCCCCCC=CCCCCCCCCC1=[N+](CCO)C(CCOC(=O)CCCCCCCC=CCCCCCCCC)CN1. The Morgan fingerprint density at radius 3 is 1.58 bits per heavy atom. The van der Waals surface area contributed by atoms with Crippen molar-refractivity contribution in [1.82, 2.24) is 5.32 Å². The Labute approximate surface area is 298 Å². The van der Waals surface area contributed by atoms with Crippen molar-refractivity contribution in [3.63, 3.8) is 0 Å². The Hall–Kier alpha value is -1.62. The fourth-order valence-corrected chi connectivity index (χ4v) is 6.84. The Bertz CT molecular complexity index is 806. The van der Waals surface area contributed by atoms with Gasteiger partial charge in [0.2, 0.25) is 5.84 Å². The molecule has 1 aliphatic rings. The van der Waals surface area contributed by atoms with Gasteiger partial charge in [0.05, 0.1) is 13.2 Å². The van der Waals surface area contributed by atoms with Crippen molar-refractivity contribution in [2.45, 2.75) is 213 Å². The number of aliphatic hydroxyl groups is 1. The minimum atomic E-state index is -0.0549. The molecule has 1 rings (SSSR count). The molecule has 1 aliphatic heterocycles. The maximum Gasteiger partial charge on any atom is 0.305 e. The lowest BCUT2D eigenvalue weighted by Crippen LogP contribution is -2.30. The number of aliphatic hydroxyl groups excluding tert-OH is 1. The number of esters is 1. The van der Waals surface area contributed by atoms with Crippen LogP contribution in [0.5, 0.6) is 0 Å². The van der Waals surface area contributed by atoms with Crippen molar-refractivity contribution < 1.29 is 19.2 Å². The van der Waals surface area contributed by atoms with Crippen LogP contribution >= 0.6 is 0 Å². The molecule has 0 aromatic heterocycles. The number of nitrogens with one attached hydrogen (secondary N) is 1. The number of unbranched alkanes of at least 4 members (excludes halogenated alkanes) is 23. The van der Waals surface area contributed by atoms with Gasteiger partial charge in [-0.25, -0.2) is 0 Å². The zero-order valence-corrected chi connectivity index (χ0v) is 32.1. The highest BCUT2D eigenvalue weighted by molar-refractivity contribution is 5.78. The van der Waals surface area contributed by atoms with E-state index >= 15 is 0 Å². The van der Waals surface area contributed by atoms with Crippen LogP contribution in [-0.2, 0) is 9.53 Å².